The van der Waals surface area contributed by atoms with Gasteiger partial charge in [0.1, 0.15) is 11.9 Å². The summed E-state index contributed by atoms with van der Waals surface area (Å²) in [6.45, 7) is 2.29. The molecule has 2 fully saturated rings. The van der Waals surface area contributed by atoms with Crippen LogP contribution >= 0.6 is 0 Å². The molecular formula is C29H42FN. The average Bonchev–Trinajstić information content (AvgIpc) is 2.81. The van der Waals surface area contributed by atoms with Gasteiger partial charge in [-0.05, 0) is 92.7 Å². The minimum absolute atomic E-state index is 0.155. The second-order valence-electron chi connectivity index (χ2n) is 10.2. The minimum Gasteiger partial charge on any atom is -0.206 e. The van der Waals surface area contributed by atoms with Crippen molar-refractivity contribution in [2.45, 2.75) is 109 Å². The molecule has 0 aliphatic heterocycles. The highest BCUT2D eigenvalue weighted by atomic mass is 19.1. The first-order valence-electron chi connectivity index (χ1n) is 13.1. The van der Waals surface area contributed by atoms with Gasteiger partial charge in [-0.1, -0.05) is 70.1 Å². The summed E-state index contributed by atoms with van der Waals surface area (Å²) in [5, 5.41) is 8.91. The Morgan fingerprint density at radius 3 is 2.10 bits per heavy atom. The summed E-state index contributed by atoms with van der Waals surface area (Å²) in [4.78, 5) is 0. The van der Waals surface area contributed by atoms with Crippen molar-refractivity contribution < 1.29 is 4.39 Å². The molecule has 2 aliphatic rings. The third-order valence-corrected chi connectivity index (χ3v) is 7.87. The Morgan fingerprint density at radius 1 is 0.871 bits per heavy atom. The Balaban J connectivity index is 1.32. The lowest BCUT2D eigenvalue weighted by Crippen LogP contribution is -2.15. The smallest absolute Gasteiger partial charge is 0.141 e. The zero-order valence-corrected chi connectivity index (χ0v) is 19.6. The van der Waals surface area contributed by atoms with Gasteiger partial charge in [0.25, 0.3) is 0 Å². The van der Waals surface area contributed by atoms with Crippen LogP contribution in [0.2, 0.25) is 0 Å². The van der Waals surface area contributed by atoms with Crippen molar-refractivity contribution in [2.24, 2.45) is 17.8 Å². The Kier molecular flexibility index (Phi) is 10.1. The largest absolute Gasteiger partial charge is 0.206 e. The number of hydrogen-bond acceptors (Lipinski definition) is 1. The fourth-order valence-corrected chi connectivity index (χ4v) is 5.72. The Labute approximate surface area is 190 Å². The van der Waals surface area contributed by atoms with E-state index in [2.05, 4.69) is 19.1 Å². The molecule has 2 aliphatic carbocycles. The highest BCUT2D eigenvalue weighted by Gasteiger charge is 2.23. The van der Waals surface area contributed by atoms with Crippen LogP contribution < -0.4 is 0 Å². The second kappa shape index (κ2) is 13.0. The summed E-state index contributed by atoms with van der Waals surface area (Å²) < 4.78 is 13.9. The van der Waals surface area contributed by atoms with Gasteiger partial charge in [-0.2, -0.15) is 5.26 Å². The van der Waals surface area contributed by atoms with Gasteiger partial charge in [-0.3, -0.25) is 0 Å². The van der Waals surface area contributed by atoms with E-state index < -0.39 is 0 Å². The first-order valence-corrected chi connectivity index (χ1v) is 13.1. The molecule has 170 valence electrons. The van der Waals surface area contributed by atoms with E-state index in [1.54, 1.807) is 12.1 Å². The molecule has 2 heteroatoms. The third-order valence-electron chi connectivity index (χ3n) is 7.87. The van der Waals surface area contributed by atoms with Gasteiger partial charge in [-0.25, -0.2) is 4.39 Å². The van der Waals surface area contributed by atoms with Crippen molar-refractivity contribution in [1.29, 1.82) is 5.26 Å². The third kappa shape index (κ3) is 7.78. The monoisotopic (exact) mass is 423 g/mol. The van der Waals surface area contributed by atoms with Crippen LogP contribution in [0.3, 0.4) is 0 Å². The molecule has 0 unspecified atom stereocenters. The van der Waals surface area contributed by atoms with Gasteiger partial charge in [0.15, 0.2) is 0 Å². The van der Waals surface area contributed by atoms with E-state index in [1.807, 2.05) is 12.1 Å². The van der Waals surface area contributed by atoms with Crippen molar-refractivity contribution >= 4 is 0 Å². The quantitative estimate of drug-likeness (QED) is 0.272. The molecule has 0 radical (unpaired) electrons. The molecule has 2 saturated carbocycles. The summed E-state index contributed by atoms with van der Waals surface area (Å²) in [5.41, 5.74) is 1.23. The molecule has 3 rings (SSSR count). The van der Waals surface area contributed by atoms with Gasteiger partial charge in [-0.15, -0.1) is 0 Å². The molecule has 0 heterocycles. The molecule has 0 amide bonds. The van der Waals surface area contributed by atoms with Crippen molar-refractivity contribution in [3.05, 3.63) is 47.3 Å². The van der Waals surface area contributed by atoms with E-state index >= 15 is 0 Å². The number of halogens is 1. The van der Waals surface area contributed by atoms with Gasteiger partial charge in [0.2, 0.25) is 0 Å². The molecule has 31 heavy (non-hydrogen) atoms. The fourth-order valence-electron chi connectivity index (χ4n) is 5.72. The van der Waals surface area contributed by atoms with Crippen LogP contribution in [0.25, 0.3) is 0 Å². The minimum atomic E-state index is -0.367. The molecule has 0 aromatic heterocycles. The molecule has 1 aromatic carbocycles. The number of unbranched alkanes of at least 4 members (excludes halogenated alkanes) is 5. The average molecular weight is 424 g/mol. The normalized spacial score (nSPS) is 26.7. The maximum absolute atomic E-state index is 13.9. The van der Waals surface area contributed by atoms with E-state index in [9.17, 15) is 4.39 Å². The number of nitriles is 1. The second-order valence-corrected chi connectivity index (χ2v) is 10.2. The van der Waals surface area contributed by atoms with Crippen LogP contribution in [0, 0.1) is 34.9 Å². The number of hydrogen-bond donors (Lipinski definition) is 0. The molecule has 1 aromatic rings. The summed E-state index contributed by atoms with van der Waals surface area (Å²) in [7, 11) is 0. The number of benzene rings is 1. The lowest BCUT2D eigenvalue weighted by atomic mass is 9.76. The zero-order chi connectivity index (χ0) is 21.9. The maximum Gasteiger partial charge on any atom is 0.141 e. The summed E-state index contributed by atoms with van der Waals surface area (Å²) >= 11 is 0. The van der Waals surface area contributed by atoms with Crippen molar-refractivity contribution in [2.75, 3.05) is 0 Å². The standard InChI is InChI=1S/C29H42FN/c1-2-3-4-5-6-7-8-23-9-11-24(12-10-23)13-14-25-15-17-26(18-16-25)27-19-20-28(22-31)29(30)21-27/h13-14,19-21,23-26H,2-12,15-18H2,1H3/b14-13+/t23-,24-,25-,26-. The highest BCUT2D eigenvalue weighted by Crippen LogP contribution is 2.38. The molecule has 0 atom stereocenters. The number of rotatable bonds is 10. The van der Waals surface area contributed by atoms with E-state index in [4.69, 9.17) is 5.26 Å². The van der Waals surface area contributed by atoms with Crippen molar-refractivity contribution in [1.82, 2.24) is 0 Å². The van der Waals surface area contributed by atoms with Crippen LogP contribution in [0.4, 0.5) is 4.39 Å². The van der Waals surface area contributed by atoms with Gasteiger partial charge in [0.05, 0.1) is 5.56 Å². The fraction of sp³-hybridized carbons (Fsp3) is 0.690. The van der Waals surface area contributed by atoms with Gasteiger partial charge >= 0.3 is 0 Å². The molecular weight excluding hydrogens is 381 g/mol. The van der Waals surface area contributed by atoms with Crippen molar-refractivity contribution in [3.8, 4) is 6.07 Å². The summed E-state index contributed by atoms with van der Waals surface area (Å²) in [6, 6.07) is 7.09. The number of nitrogens with zero attached hydrogens (tertiary/aromatic N) is 1. The van der Waals surface area contributed by atoms with E-state index in [0.717, 1.165) is 30.2 Å². The van der Waals surface area contributed by atoms with Crippen LogP contribution in [-0.4, -0.2) is 0 Å². The molecule has 0 spiro atoms. The topological polar surface area (TPSA) is 23.8 Å². The lowest BCUT2D eigenvalue weighted by Gasteiger charge is -2.29. The molecule has 0 saturated heterocycles. The molecule has 1 nitrogen and oxygen atoms in total. The summed E-state index contributed by atoms with van der Waals surface area (Å²) in [5.74, 6) is 2.56. The predicted octanol–water partition coefficient (Wildman–Crippen LogP) is 9.08. The predicted molar refractivity (Wildman–Crippen MR) is 128 cm³/mol. The van der Waals surface area contributed by atoms with E-state index in [-0.39, 0.29) is 11.4 Å². The van der Waals surface area contributed by atoms with Gasteiger partial charge < -0.3 is 0 Å². The molecule has 0 bridgehead atoms. The Bertz CT molecular complexity index is 715. The SMILES string of the molecule is CCCCCCCC[C@H]1CC[C@H](/C=C/[C@H]2CC[C@H](c3ccc(C#N)c(F)c3)CC2)CC1. The Morgan fingerprint density at radius 2 is 1.48 bits per heavy atom. The highest BCUT2D eigenvalue weighted by molar-refractivity contribution is 5.35. The van der Waals surface area contributed by atoms with Crippen LogP contribution in [0.1, 0.15) is 120 Å². The van der Waals surface area contributed by atoms with Crippen LogP contribution in [-0.2, 0) is 0 Å². The number of allylic oxidation sites excluding steroid dienone is 2. The van der Waals surface area contributed by atoms with E-state index in [0.29, 0.717) is 11.8 Å². The first-order chi connectivity index (χ1) is 15.2. The maximum atomic E-state index is 13.9. The molecule has 0 N–H and O–H groups in total. The lowest BCUT2D eigenvalue weighted by molar-refractivity contribution is 0.287. The zero-order valence-electron chi connectivity index (χ0n) is 19.6. The first kappa shape index (κ1) is 24.0. The summed E-state index contributed by atoms with van der Waals surface area (Å²) in [6.07, 6.45) is 25.3. The van der Waals surface area contributed by atoms with Crippen LogP contribution in [0.15, 0.2) is 30.4 Å². The van der Waals surface area contributed by atoms with E-state index in [1.165, 1.54) is 83.5 Å². The van der Waals surface area contributed by atoms with Crippen LogP contribution in [0.5, 0.6) is 0 Å². The van der Waals surface area contributed by atoms with Crippen molar-refractivity contribution in [3.63, 3.8) is 0 Å². The Hall–Kier alpha value is -1.62. The van der Waals surface area contributed by atoms with Gasteiger partial charge in [0, 0.05) is 0 Å².